The summed E-state index contributed by atoms with van der Waals surface area (Å²) in [6.07, 6.45) is 6.37. The van der Waals surface area contributed by atoms with E-state index in [0.717, 1.165) is 42.5 Å². The van der Waals surface area contributed by atoms with E-state index in [1.54, 1.807) is 0 Å². The molecule has 4 heteroatoms. The molecule has 2 aliphatic rings. The van der Waals surface area contributed by atoms with Gasteiger partial charge in [-0.2, -0.15) is 0 Å². The van der Waals surface area contributed by atoms with Crippen LogP contribution in [-0.4, -0.2) is 28.0 Å². The lowest BCUT2D eigenvalue weighted by atomic mass is 9.94. The first-order valence-electron chi connectivity index (χ1n) is 8.28. The summed E-state index contributed by atoms with van der Waals surface area (Å²) in [5.41, 5.74) is 1.88. The third-order valence-corrected chi connectivity index (χ3v) is 4.85. The van der Waals surface area contributed by atoms with E-state index in [0.29, 0.717) is 0 Å². The summed E-state index contributed by atoms with van der Waals surface area (Å²) in [5.74, 6) is 1.67. The highest BCUT2D eigenvalue weighted by Gasteiger charge is 2.26. The number of nitrogens with one attached hydrogen (secondary N) is 1. The van der Waals surface area contributed by atoms with Gasteiger partial charge in [0.2, 0.25) is 0 Å². The quantitative estimate of drug-likeness (QED) is 0.910. The van der Waals surface area contributed by atoms with E-state index in [4.69, 9.17) is 4.98 Å². The van der Waals surface area contributed by atoms with Crippen molar-refractivity contribution in [1.82, 2.24) is 14.9 Å². The molecule has 0 radical (unpaired) electrons. The molecule has 0 unspecified atom stereocenters. The number of rotatable bonds is 2. The van der Waals surface area contributed by atoms with E-state index in [1.807, 2.05) is 0 Å². The van der Waals surface area contributed by atoms with Gasteiger partial charge in [-0.3, -0.25) is 9.69 Å². The Labute approximate surface area is 127 Å². The molecule has 1 aliphatic heterocycles. The van der Waals surface area contributed by atoms with Gasteiger partial charge in [-0.05, 0) is 25.2 Å². The number of H-pyrrole nitrogens is 1. The predicted octanol–water partition coefficient (Wildman–Crippen LogP) is 2.62. The van der Waals surface area contributed by atoms with Crippen LogP contribution in [0.4, 0.5) is 0 Å². The van der Waals surface area contributed by atoms with E-state index >= 15 is 0 Å². The molecule has 0 amide bonds. The highest BCUT2D eigenvalue weighted by molar-refractivity contribution is 5.22. The summed E-state index contributed by atoms with van der Waals surface area (Å²) in [5, 5.41) is 0. The molecule has 1 aliphatic carbocycles. The van der Waals surface area contributed by atoms with Gasteiger partial charge in [0, 0.05) is 30.6 Å². The van der Waals surface area contributed by atoms with Gasteiger partial charge in [0.15, 0.2) is 0 Å². The van der Waals surface area contributed by atoms with Gasteiger partial charge in [-0.25, -0.2) is 4.98 Å². The second kappa shape index (κ2) is 5.56. The lowest BCUT2D eigenvalue weighted by molar-refractivity contribution is 0.210. The Hall–Kier alpha value is -1.16. The average Bonchev–Trinajstić information content (AvgIpc) is 2.90. The first-order valence-corrected chi connectivity index (χ1v) is 8.28. The summed E-state index contributed by atoms with van der Waals surface area (Å²) in [6.45, 7) is 9.31. The molecular weight excluding hydrogens is 262 g/mol. The second-order valence-electron chi connectivity index (χ2n) is 7.73. The third-order valence-electron chi connectivity index (χ3n) is 4.85. The van der Waals surface area contributed by atoms with E-state index < -0.39 is 0 Å². The first kappa shape index (κ1) is 14.8. The largest absolute Gasteiger partial charge is 0.310 e. The number of hydrogen-bond donors (Lipinski definition) is 1. The molecule has 2 heterocycles. The molecule has 1 aromatic rings. The lowest BCUT2D eigenvalue weighted by Crippen LogP contribution is -2.38. The van der Waals surface area contributed by atoms with Crippen LogP contribution >= 0.6 is 0 Å². The Morgan fingerprint density at radius 3 is 2.67 bits per heavy atom. The van der Waals surface area contributed by atoms with Crippen molar-refractivity contribution in [2.75, 3.05) is 13.1 Å². The van der Waals surface area contributed by atoms with Crippen LogP contribution in [0, 0.1) is 5.92 Å². The van der Waals surface area contributed by atoms with Gasteiger partial charge in [-0.1, -0.05) is 33.6 Å². The molecule has 0 bridgehead atoms. The normalized spacial score (nSPS) is 20.7. The first-order chi connectivity index (χ1) is 9.93. The zero-order valence-corrected chi connectivity index (χ0v) is 13.5. The molecule has 1 N–H and O–H groups in total. The maximum atomic E-state index is 12.3. The standard InChI is InChI=1S/C17H27N3O/c1-17(2,3)16-18-14-11-20(10-12-6-4-5-7-12)9-8-13(14)15(21)19-16/h12H,4-11H2,1-3H3,(H,18,19,21). The minimum atomic E-state index is -0.109. The molecule has 116 valence electrons. The molecule has 0 atom stereocenters. The molecule has 0 aromatic carbocycles. The fourth-order valence-corrected chi connectivity index (χ4v) is 3.56. The molecule has 1 fully saturated rings. The molecular formula is C17H27N3O. The summed E-state index contributed by atoms with van der Waals surface area (Å²) in [7, 11) is 0. The lowest BCUT2D eigenvalue weighted by Gasteiger charge is -2.30. The van der Waals surface area contributed by atoms with E-state index in [9.17, 15) is 4.79 Å². The van der Waals surface area contributed by atoms with Crippen LogP contribution in [0.3, 0.4) is 0 Å². The topological polar surface area (TPSA) is 49.0 Å². The number of aromatic nitrogens is 2. The van der Waals surface area contributed by atoms with Crippen molar-refractivity contribution in [3.63, 3.8) is 0 Å². The molecule has 0 spiro atoms. The van der Waals surface area contributed by atoms with Crippen molar-refractivity contribution in [2.45, 2.75) is 64.8 Å². The van der Waals surface area contributed by atoms with Crippen molar-refractivity contribution in [2.24, 2.45) is 5.92 Å². The van der Waals surface area contributed by atoms with Crippen LogP contribution in [0.15, 0.2) is 4.79 Å². The zero-order chi connectivity index (χ0) is 15.0. The Morgan fingerprint density at radius 2 is 2.00 bits per heavy atom. The van der Waals surface area contributed by atoms with Crippen molar-refractivity contribution in [3.05, 3.63) is 27.4 Å². The van der Waals surface area contributed by atoms with Crippen LogP contribution in [0.5, 0.6) is 0 Å². The molecule has 3 rings (SSSR count). The summed E-state index contributed by atoms with van der Waals surface area (Å²) >= 11 is 0. The van der Waals surface area contributed by atoms with Gasteiger partial charge in [0.05, 0.1) is 5.69 Å². The smallest absolute Gasteiger partial charge is 0.254 e. The van der Waals surface area contributed by atoms with Gasteiger partial charge in [-0.15, -0.1) is 0 Å². The summed E-state index contributed by atoms with van der Waals surface area (Å²) in [4.78, 5) is 22.5. The maximum Gasteiger partial charge on any atom is 0.254 e. The van der Waals surface area contributed by atoms with Crippen molar-refractivity contribution in [3.8, 4) is 0 Å². The van der Waals surface area contributed by atoms with Crippen molar-refractivity contribution >= 4 is 0 Å². The Balaban J connectivity index is 1.80. The Morgan fingerprint density at radius 1 is 1.29 bits per heavy atom. The molecule has 21 heavy (non-hydrogen) atoms. The fraction of sp³-hybridized carbons (Fsp3) is 0.765. The Bertz CT molecular complexity index is 564. The fourth-order valence-electron chi connectivity index (χ4n) is 3.56. The van der Waals surface area contributed by atoms with Crippen LogP contribution < -0.4 is 5.56 Å². The van der Waals surface area contributed by atoms with Gasteiger partial charge in [0.25, 0.3) is 5.56 Å². The third kappa shape index (κ3) is 3.20. The minimum Gasteiger partial charge on any atom is -0.310 e. The highest BCUT2D eigenvalue weighted by Crippen LogP contribution is 2.27. The molecule has 4 nitrogen and oxygen atoms in total. The summed E-state index contributed by atoms with van der Waals surface area (Å²) in [6, 6.07) is 0. The van der Waals surface area contributed by atoms with Gasteiger partial charge >= 0.3 is 0 Å². The van der Waals surface area contributed by atoms with Crippen LogP contribution in [0.1, 0.15) is 63.5 Å². The average molecular weight is 289 g/mol. The number of nitrogens with zero attached hydrogens (tertiary/aromatic N) is 2. The Kier molecular flexibility index (Phi) is 3.91. The van der Waals surface area contributed by atoms with Gasteiger partial charge < -0.3 is 4.98 Å². The van der Waals surface area contributed by atoms with Crippen molar-refractivity contribution in [1.29, 1.82) is 0 Å². The van der Waals surface area contributed by atoms with Crippen LogP contribution in [0.25, 0.3) is 0 Å². The number of fused-ring (bicyclic) bond motifs is 1. The second-order valence-corrected chi connectivity index (χ2v) is 7.73. The minimum absolute atomic E-state index is 0.0745. The maximum absolute atomic E-state index is 12.3. The highest BCUT2D eigenvalue weighted by atomic mass is 16.1. The number of hydrogen-bond acceptors (Lipinski definition) is 3. The van der Waals surface area contributed by atoms with E-state index in [-0.39, 0.29) is 11.0 Å². The van der Waals surface area contributed by atoms with Gasteiger partial charge in [0.1, 0.15) is 5.82 Å². The van der Waals surface area contributed by atoms with Crippen LogP contribution in [0.2, 0.25) is 0 Å². The zero-order valence-electron chi connectivity index (χ0n) is 13.5. The monoisotopic (exact) mass is 289 g/mol. The van der Waals surface area contributed by atoms with Crippen molar-refractivity contribution < 1.29 is 0 Å². The van der Waals surface area contributed by atoms with E-state index in [1.165, 1.54) is 32.2 Å². The summed E-state index contributed by atoms with van der Waals surface area (Å²) < 4.78 is 0. The molecule has 0 saturated heterocycles. The van der Waals surface area contributed by atoms with E-state index in [2.05, 4.69) is 30.7 Å². The SMILES string of the molecule is CC(C)(C)c1nc2c(c(=O)[nH]1)CCN(CC1CCCC1)C2. The molecule has 1 aromatic heterocycles. The number of aromatic amines is 1. The molecule has 1 saturated carbocycles. The van der Waals surface area contributed by atoms with Crippen LogP contribution in [-0.2, 0) is 18.4 Å². The predicted molar refractivity (Wildman–Crippen MR) is 84.5 cm³/mol.